The summed E-state index contributed by atoms with van der Waals surface area (Å²) in [5.41, 5.74) is 0. The Balaban J connectivity index is 3.04. The van der Waals surface area contributed by atoms with Crippen molar-refractivity contribution in [3.63, 3.8) is 0 Å². The average Bonchev–Trinajstić information content (AvgIpc) is 2.06. The highest BCUT2D eigenvalue weighted by Crippen LogP contribution is 1.95. The summed E-state index contributed by atoms with van der Waals surface area (Å²) in [6.07, 6.45) is 4.73. The van der Waals surface area contributed by atoms with Crippen LogP contribution in [0.1, 0.15) is 39.5 Å². The number of hydrogen-bond acceptors (Lipinski definition) is 2. The Bertz CT molecular complexity index is 78.6. The van der Waals surface area contributed by atoms with Crippen LogP contribution in [0.4, 0.5) is 0 Å². The molecule has 0 rings (SSSR count). The number of hydrogen-bond donors (Lipinski definition) is 0. The summed E-state index contributed by atoms with van der Waals surface area (Å²) >= 11 is -1.27. The van der Waals surface area contributed by atoms with Crippen LogP contribution in [-0.2, 0) is 7.58 Å². The van der Waals surface area contributed by atoms with E-state index in [9.17, 15) is 0 Å². The van der Waals surface area contributed by atoms with Gasteiger partial charge in [0.25, 0.3) is 0 Å². The SMILES string of the molecule is CCCC[O][Al]([CH3])[O]CCCC. The number of unbranched alkanes of at least 4 members (excludes halogenated alkanes) is 2. The highest BCUT2D eigenvalue weighted by Gasteiger charge is 2.15. The van der Waals surface area contributed by atoms with Crippen LogP contribution in [0.3, 0.4) is 0 Å². The molecular weight excluding hydrogens is 167 g/mol. The standard InChI is InChI=1S/2C4H9O.CH3.Al/c2*1-2-3-4-5;;/h2*2-4H2,1H3;1H3;/q2*-1;;+2. The maximum atomic E-state index is 5.55. The summed E-state index contributed by atoms with van der Waals surface area (Å²) in [6, 6.07) is 0. The fourth-order valence-electron chi connectivity index (χ4n) is 0.835. The van der Waals surface area contributed by atoms with Crippen LogP contribution in [0.2, 0.25) is 5.79 Å². The maximum Gasteiger partial charge on any atom is 0.671 e. The largest absolute Gasteiger partial charge is 0.671 e. The minimum absolute atomic E-state index is 0.885. The minimum atomic E-state index is -1.27. The third-order valence-corrected chi connectivity index (χ3v) is 3.11. The smallest absolute Gasteiger partial charge is 0.478 e. The summed E-state index contributed by atoms with van der Waals surface area (Å²) in [5, 5.41) is 0. The van der Waals surface area contributed by atoms with Gasteiger partial charge >= 0.3 is 14.8 Å². The minimum Gasteiger partial charge on any atom is -0.478 e. The molecule has 0 saturated heterocycles. The first kappa shape index (κ1) is 12.5. The topological polar surface area (TPSA) is 18.5 Å². The van der Waals surface area contributed by atoms with Gasteiger partial charge < -0.3 is 7.58 Å². The predicted octanol–water partition coefficient (Wildman–Crippen LogP) is 2.74. The molecule has 0 radical (unpaired) electrons. The molecule has 3 heteroatoms. The van der Waals surface area contributed by atoms with Gasteiger partial charge in [0.2, 0.25) is 0 Å². The van der Waals surface area contributed by atoms with E-state index in [4.69, 9.17) is 7.58 Å². The second-order valence-corrected chi connectivity index (χ2v) is 4.82. The third kappa shape index (κ3) is 8.55. The molecule has 0 saturated carbocycles. The first-order valence-corrected chi connectivity index (χ1v) is 7.14. The molecule has 72 valence electrons. The zero-order chi connectivity index (χ0) is 9.23. The molecule has 0 fully saturated rings. The Labute approximate surface area is 81.3 Å². The van der Waals surface area contributed by atoms with Gasteiger partial charge in [0, 0.05) is 13.2 Å². The van der Waals surface area contributed by atoms with Crippen molar-refractivity contribution in [2.75, 3.05) is 13.2 Å². The van der Waals surface area contributed by atoms with Crippen LogP contribution in [-0.4, -0.2) is 28.0 Å². The van der Waals surface area contributed by atoms with Crippen molar-refractivity contribution in [1.29, 1.82) is 0 Å². The van der Waals surface area contributed by atoms with E-state index in [1.165, 1.54) is 12.8 Å². The van der Waals surface area contributed by atoms with E-state index in [1.54, 1.807) is 0 Å². The van der Waals surface area contributed by atoms with Crippen molar-refractivity contribution >= 4 is 14.8 Å². The van der Waals surface area contributed by atoms with E-state index in [-0.39, 0.29) is 0 Å². The van der Waals surface area contributed by atoms with Crippen molar-refractivity contribution in [1.82, 2.24) is 0 Å². The monoisotopic (exact) mass is 188 g/mol. The Morgan fingerprint density at radius 3 is 1.67 bits per heavy atom. The molecule has 2 nitrogen and oxygen atoms in total. The Hall–Kier alpha value is 0.452. The van der Waals surface area contributed by atoms with E-state index in [0.29, 0.717) is 0 Å². The molecule has 0 spiro atoms. The number of rotatable bonds is 8. The molecule has 0 amide bonds. The van der Waals surface area contributed by atoms with E-state index < -0.39 is 14.8 Å². The van der Waals surface area contributed by atoms with Crippen LogP contribution < -0.4 is 0 Å². The molecular formula is C9H21AlO2. The normalized spacial score (nSPS) is 10.2. The highest BCUT2D eigenvalue weighted by molar-refractivity contribution is 6.42. The summed E-state index contributed by atoms with van der Waals surface area (Å²) in [7, 11) is 0. The van der Waals surface area contributed by atoms with Crippen molar-refractivity contribution in [3.05, 3.63) is 0 Å². The third-order valence-electron chi connectivity index (χ3n) is 1.70. The lowest BCUT2D eigenvalue weighted by Crippen LogP contribution is -2.19. The average molecular weight is 188 g/mol. The molecule has 0 aliphatic heterocycles. The van der Waals surface area contributed by atoms with Crippen molar-refractivity contribution < 1.29 is 7.58 Å². The summed E-state index contributed by atoms with van der Waals surface area (Å²) in [6.45, 7) is 6.12. The lowest BCUT2D eigenvalue weighted by Gasteiger charge is -2.08. The zero-order valence-corrected chi connectivity index (χ0v) is 9.79. The first-order valence-electron chi connectivity index (χ1n) is 5.04. The summed E-state index contributed by atoms with van der Waals surface area (Å²) < 4.78 is 11.1. The molecule has 0 bridgehead atoms. The molecule has 0 aliphatic rings. The fourth-order valence-corrected chi connectivity index (χ4v) is 1.93. The van der Waals surface area contributed by atoms with Gasteiger partial charge in [-0.05, 0) is 12.8 Å². The highest BCUT2D eigenvalue weighted by atomic mass is 27.2. The van der Waals surface area contributed by atoms with Crippen molar-refractivity contribution in [3.8, 4) is 0 Å². The molecule has 0 heterocycles. The van der Waals surface area contributed by atoms with Gasteiger partial charge in [-0.25, -0.2) is 0 Å². The predicted molar refractivity (Wildman–Crippen MR) is 53.3 cm³/mol. The second kappa shape index (κ2) is 9.54. The quantitative estimate of drug-likeness (QED) is 0.430. The van der Waals surface area contributed by atoms with Crippen LogP contribution in [0.25, 0.3) is 0 Å². The van der Waals surface area contributed by atoms with E-state index in [0.717, 1.165) is 26.1 Å². The van der Waals surface area contributed by atoms with Crippen molar-refractivity contribution in [2.45, 2.75) is 45.3 Å². The summed E-state index contributed by atoms with van der Waals surface area (Å²) in [4.78, 5) is 0. The van der Waals surface area contributed by atoms with Gasteiger partial charge in [-0.15, -0.1) is 0 Å². The van der Waals surface area contributed by atoms with Crippen molar-refractivity contribution in [2.24, 2.45) is 0 Å². The molecule has 0 aromatic carbocycles. The second-order valence-electron chi connectivity index (χ2n) is 3.02. The van der Waals surface area contributed by atoms with E-state index in [1.807, 2.05) is 0 Å². The van der Waals surface area contributed by atoms with Crippen LogP contribution in [0.5, 0.6) is 0 Å². The van der Waals surface area contributed by atoms with Crippen LogP contribution in [0, 0.1) is 0 Å². The molecule has 0 aliphatic carbocycles. The molecule has 0 atom stereocenters. The van der Waals surface area contributed by atoms with Gasteiger partial charge in [-0.1, -0.05) is 32.5 Å². The molecule has 0 aromatic rings. The zero-order valence-electron chi connectivity index (χ0n) is 8.64. The lowest BCUT2D eigenvalue weighted by molar-refractivity contribution is 0.197. The van der Waals surface area contributed by atoms with Crippen LogP contribution >= 0.6 is 0 Å². The molecule has 0 N–H and O–H groups in total. The Morgan fingerprint density at radius 2 is 1.33 bits per heavy atom. The first-order chi connectivity index (χ1) is 5.81. The Kier molecular flexibility index (Phi) is 9.90. The van der Waals surface area contributed by atoms with Gasteiger partial charge in [-0.2, -0.15) is 0 Å². The molecule has 12 heavy (non-hydrogen) atoms. The molecule has 0 aromatic heterocycles. The van der Waals surface area contributed by atoms with Crippen LogP contribution in [0.15, 0.2) is 0 Å². The molecule has 0 unspecified atom stereocenters. The summed E-state index contributed by atoms with van der Waals surface area (Å²) in [5.74, 6) is 2.10. The Morgan fingerprint density at radius 1 is 0.917 bits per heavy atom. The maximum absolute atomic E-state index is 5.55. The van der Waals surface area contributed by atoms with Gasteiger partial charge in [-0.3, -0.25) is 0 Å². The van der Waals surface area contributed by atoms with E-state index >= 15 is 0 Å². The van der Waals surface area contributed by atoms with E-state index in [2.05, 4.69) is 19.6 Å². The fraction of sp³-hybridized carbons (Fsp3) is 1.00. The van der Waals surface area contributed by atoms with Gasteiger partial charge in [0.1, 0.15) is 0 Å². The van der Waals surface area contributed by atoms with Gasteiger partial charge in [0.05, 0.1) is 0 Å². The lowest BCUT2D eigenvalue weighted by atomic mass is 10.4. The van der Waals surface area contributed by atoms with Gasteiger partial charge in [0.15, 0.2) is 0 Å².